The van der Waals surface area contributed by atoms with Gasteiger partial charge in [-0.1, -0.05) is 28.1 Å². The van der Waals surface area contributed by atoms with E-state index < -0.39 is 9.84 Å². The van der Waals surface area contributed by atoms with Crippen molar-refractivity contribution >= 4 is 31.5 Å². The zero-order valence-corrected chi connectivity index (χ0v) is 13.9. The van der Waals surface area contributed by atoms with Gasteiger partial charge in [0.25, 0.3) is 0 Å². The second-order valence-corrected chi connectivity index (χ2v) is 7.59. The molecule has 0 aliphatic carbocycles. The number of hydrogen-bond donors (Lipinski definition) is 1. The van der Waals surface area contributed by atoms with Crippen molar-refractivity contribution in [2.45, 2.75) is 11.3 Å². The second kappa shape index (κ2) is 6.49. The standard InChI is InChI=1S/C15H16BrNO3S/c1-20-13-5-2-11(3-6-13)8-9-21(18,19)15-10-12(16)4-7-14(15)17/h2-7,10H,8-9,17H2,1H3. The van der Waals surface area contributed by atoms with E-state index in [0.29, 0.717) is 10.9 Å². The molecule has 4 nitrogen and oxygen atoms in total. The number of nitrogen functional groups attached to an aromatic ring is 1. The van der Waals surface area contributed by atoms with Crippen molar-refractivity contribution in [2.24, 2.45) is 0 Å². The minimum atomic E-state index is -3.41. The molecular formula is C15H16BrNO3S. The SMILES string of the molecule is COc1ccc(CCS(=O)(=O)c2cc(Br)ccc2N)cc1. The number of anilines is 1. The quantitative estimate of drug-likeness (QED) is 0.822. The van der Waals surface area contributed by atoms with Crippen LogP contribution in [0.15, 0.2) is 51.8 Å². The second-order valence-electron chi connectivity index (χ2n) is 4.60. The van der Waals surface area contributed by atoms with Crippen molar-refractivity contribution in [3.8, 4) is 5.75 Å². The lowest BCUT2D eigenvalue weighted by molar-refractivity contribution is 0.414. The highest BCUT2D eigenvalue weighted by molar-refractivity contribution is 9.10. The van der Waals surface area contributed by atoms with Gasteiger partial charge in [-0.2, -0.15) is 0 Å². The molecule has 0 aliphatic heterocycles. The van der Waals surface area contributed by atoms with Gasteiger partial charge in [-0.15, -0.1) is 0 Å². The maximum atomic E-state index is 12.4. The summed E-state index contributed by atoms with van der Waals surface area (Å²) in [5.41, 5.74) is 6.98. The minimum Gasteiger partial charge on any atom is -0.497 e. The number of ether oxygens (including phenoxy) is 1. The third-order valence-electron chi connectivity index (χ3n) is 3.13. The Balaban J connectivity index is 2.15. The topological polar surface area (TPSA) is 69.4 Å². The molecule has 0 unspecified atom stereocenters. The van der Waals surface area contributed by atoms with Crippen LogP contribution >= 0.6 is 15.9 Å². The van der Waals surface area contributed by atoms with E-state index >= 15 is 0 Å². The number of aryl methyl sites for hydroxylation is 1. The minimum absolute atomic E-state index is 0.0139. The molecule has 0 aliphatic rings. The lowest BCUT2D eigenvalue weighted by atomic mass is 10.2. The van der Waals surface area contributed by atoms with Crippen LogP contribution in [-0.2, 0) is 16.3 Å². The van der Waals surface area contributed by atoms with Crippen LogP contribution < -0.4 is 10.5 Å². The number of rotatable bonds is 5. The van der Waals surface area contributed by atoms with E-state index in [0.717, 1.165) is 11.3 Å². The Morgan fingerprint density at radius 2 is 1.81 bits per heavy atom. The molecule has 21 heavy (non-hydrogen) atoms. The van der Waals surface area contributed by atoms with Crippen LogP contribution in [0, 0.1) is 0 Å². The zero-order chi connectivity index (χ0) is 15.5. The molecule has 6 heteroatoms. The Hall–Kier alpha value is -1.53. The lowest BCUT2D eigenvalue weighted by Crippen LogP contribution is -2.11. The van der Waals surface area contributed by atoms with Gasteiger partial charge in [0.1, 0.15) is 5.75 Å². The first-order chi connectivity index (χ1) is 9.92. The molecule has 0 aromatic heterocycles. The Morgan fingerprint density at radius 3 is 2.43 bits per heavy atom. The Bertz CT molecular complexity index is 727. The van der Waals surface area contributed by atoms with E-state index in [2.05, 4.69) is 15.9 Å². The summed E-state index contributed by atoms with van der Waals surface area (Å²) in [7, 11) is -1.82. The summed E-state index contributed by atoms with van der Waals surface area (Å²) in [6.07, 6.45) is 0.429. The number of sulfone groups is 1. The van der Waals surface area contributed by atoms with Gasteiger partial charge in [-0.25, -0.2) is 8.42 Å². The zero-order valence-electron chi connectivity index (χ0n) is 11.5. The van der Waals surface area contributed by atoms with E-state index in [9.17, 15) is 8.42 Å². The van der Waals surface area contributed by atoms with Crippen LogP contribution in [0.4, 0.5) is 5.69 Å². The van der Waals surface area contributed by atoms with Gasteiger partial charge in [-0.3, -0.25) is 0 Å². The van der Waals surface area contributed by atoms with Crippen molar-refractivity contribution in [3.63, 3.8) is 0 Å². The summed E-state index contributed by atoms with van der Waals surface area (Å²) >= 11 is 3.27. The molecule has 2 aromatic carbocycles. The molecule has 0 saturated carbocycles. The number of hydrogen-bond acceptors (Lipinski definition) is 4. The van der Waals surface area contributed by atoms with Gasteiger partial charge in [-0.05, 0) is 42.3 Å². The van der Waals surface area contributed by atoms with Crippen LogP contribution in [0.25, 0.3) is 0 Å². The summed E-state index contributed by atoms with van der Waals surface area (Å²) in [5.74, 6) is 0.762. The largest absolute Gasteiger partial charge is 0.497 e. The molecule has 0 bridgehead atoms. The Morgan fingerprint density at radius 1 is 1.14 bits per heavy atom. The fourth-order valence-electron chi connectivity index (χ4n) is 1.93. The van der Waals surface area contributed by atoms with Crippen LogP contribution in [0.2, 0.25) is 0 Å². The molecule has 0 radical (unpaired) electrons. The molecular weight excluding hydrogens is 354 g/mol. The molecule has 0 spiro atoms. The molecule has 0 heterocycles. The average molecular weight is 370 g/mol. The van der Waals surface area contributed by atoms with Crippen LogP contribution in [0.1, 0.15) is 5.56 Å². The van der Waals surface area contributed by atoms with Crippen LogP contribution in [0.3, 0.4) is 0 Å². The first kappa shape index (κ1) is 15.9. The van der Waals surface area contributed by atoms with Crippen LogP contribution in [-0.4, -0.2) is 21.3 Å². The summed E-state index contributed by atoms with van der Waals surface area (Å²) in [5, 5.41) is 0. The highest BCUT2D eigenvalue weighted by Gasteiger charge is 2.18. The summed E-state index contributed by atoms with van der Waals surface area (Å²) in [4.78, 5) is 0.172. The van der Waals surface area contributed by atoms with Gasteiger partial charge in [0.05, 0.1) is 23.4 Å². The number of halogens is 1. The summed E-state index contributed by atoms with van der Waals surface area (Å²) < 4.78 is 30.5. The molecule has 0 atom stereocenters. The number of benzene rings is 2. The van der Waals surface area contributed by atoms with Crippen molar-refractivity contribution in [3.05, 3.63) is 52.5 Å². The van der Waals surface area contributed by atoms with E-state index in [1.807, 2.05) is 24.3 Å². The van der Waals surface area contributed by atoms with Crippen molar-refractivity contribution < 1.29 is 13.2 Å². The smallest absolute Gasteiger partial charge is 0.180 e. The molecule has 2 N–H and O–H groups in total. The first-order valence-electron chi connectivity index (χ1n) is 6.33. The van der Waals surface area contributed by atoms with Crippen molar-refractivity contribution in [1.82, 2.24) is 0 Å². The van der Waals surface area contributed by atoms with E-state index in [-0.39, 0.29) is 16.3 Å². The number of nitrogens with two attached hydrogens (primary N) is 1. The fourth-order valence-corrected chi connectivity index (χ4v) is 3.90. The maximum Gasteiger partial charge on any atom is 0.180 e. The van der Waals surface area contributed by atoms with E-state index in [4.69, 9.17) is 10.5 Å². The van der Waals surface area contributed by atoms with E-state index in [1.165, 1.54) is 0 Å². The lowest BCUT2D eigenvalue weighted by Gasteiger charge is -2.08. The highest BCUT2D eigenvalue weighted by atomic mass is 79.9. The van der Waals surface area contributed by atoms with Gasteiger partial charge in [0, 0.05) is 4.47 Å². The molecule has 112 valence electrons. The monoisotopic (exact) mass is 369 g/mol. The Labute approximate surface area is 133 Å². The number of methoxy groups -OCH3 is 1. The van der Waals surface area contributed by atoms with Crippen LogP contribution in [0.5, 0.6) is 5.75 Å². The summed E-state index contributed by atoms with van der Waals surface area (Å²) in [6.45, 7) is 0. The van der Waals surface area contributed by atoms with Gasteiger partial charge in [0.15, 0.2) is 9.84 Å². The third kappa shape index (κ3) is 3.98. The predicted octanol–water partition coefficient (Wildman–Crippen LogP) is 3.06. The molecule has 2 aromatic rings. The molecule has 0 saturated heterocycles. The van der Waals surface area contributed by atoms with Crippen molar-refractivity contribution in [1.29, 1.82) is 0 Å². The average Bonchev–Trinajstić information content (AvgIpc) is 2.48. The third-order valence-corrected chi connectivity index (χ3v) is 5.39. The molecule has 0 amide bonds. The fraction of sp³-hybridized carbons (Fsp3) is 0.200. The Kier molecular flexibility index (Phi) is 4.90. The van der Waals surface area contributed by atoms with Gasteiger partial charge < -0.3 is 10.5 Å². The maximum absolute atomic E-state index is 12.4. The summed E-state index contributed by atoms with van der Waals surface area (Å²) in [6, 6.07) is 12.2. The molecule has 2 rings (SSSR count). The first-order valence-corrected chi connectivity index (χ1v) is 8.77. The normalized spacial score (nSPS) is 11.3. The van der Waals surface area contributed by atoms with Crippen molar-refractivity contribution in [2.75, 3.05) is 18.6 Å². The highest BCUT2D eigenvalue weighted by Crippen LogP contribution is 2.24. The predicted molar refractivity (Wildman–Crippen MR) is 87.3 cm³/mol. The van der Waals surface area contributed by atoms with E-state index in [1.54, 1.807) is 25.3 Å². The molecule has 0 fully saturated rings. The van der Waals surface area contributed by atoms with Gasteiger partial charge in [0.2, 0.25) is 0 Å². The van der Waals surface area contributed by atoms with Gasteiger partial charge >= 0.3 is 0 Å².